The van der Waals surface area contributed by atoms with Crippen molar-refractivity contribution in [1.29, 1.82) is 0 Å². The molecule has 0 amide bonds. The van der Waals surface area contributed by atoms with E-state index in [1.165, 1.54) is 83.5 Å². The molecule has 0 spiro atoms. The van der Waals surface area contributed by atoms with Gasteiger partial charge in [-0.25, -0.2) is 0 Å². The van der Waals surface area contributed by atoms with Crippen LogP contribution in [-0.2, 0) is 14.3 Å². The fraction of sp³-hybridized carbons (Fsp3) is 0.760. The molecular formula is C25H45NO3S. The Kier molecular flexibility index (Phi) is 16.0. The van der Waals surface area contributed by atoms with Crippen molar-refractivity contribution in [3.63, 3.8) is 0 Å². The van der Waals surface area contributed by atoms with Gasteiger partial charge in [-0.3, -0.25) is 4.18 Å². The van der Waals surface area contributed by atoms with Crippen LogP contribution in [-0.4, -0.2) is 28.1 Å². The molecule has 0 radical (unpaired) electrons. The lowest BCUT2D eigenvalue weighted by Crippen LogP contribution is -2.26. The Bertz CT molecular complexity index is 598. The van der Waals surface area contributed by atoms with Crippen LogP contribution in [0.5, 0.6) is 0 Å². The number of hydrogen-bond donors (Lipinski definition) is 1. The Hall–Kier alpha value is -0.910. The zero-order chi connectivity index (χ0) is 21.9. The highest BCUT2D eigenvalue weighted by Gasteiger charge is 2.13. The summed E-state index contributed by atoms with van der Waals surface area (Å²) in [5.74, 6) is 0. The molecule has 0 aliphatic heterocycles. The van der Waals surface area contributed by atoms with E-state index < -0.39 is 10.1 Å². The van der Waals surface area contributed by atoms with Crippen molar-refractivity contribution in [3.05, 3.63) is 30.3 Å². The zero-order valence-corrected chi connectivity index (χ0v) is 20.2. The van der Waals surface area contributed by atoms with Crippen molar-refractivity contribution < 1.29 is 12.6 Å². The van der Waals surface area contributed by atoms with E-state index in [0.717, 1.165) is 18.9 Å². The van der Waals surface area contributed by atoms with Crippen LogP contribution in [0.25, 0.3) is 0 Å². The Balaban J connectivity index is 0.000000467. The van der Waals surface area contributed by atoms with Gasteiger partial charge < -0.3 is 5.32 Å². The van der Waals surface area contributed by atoms with Crippen LogP contribution in [0.1, 0.15) is 103 Å². The van der Waals surface area contributed by atoms with E-state index in [0.29, 0.717) is 0 Å². The topological polar surface area (TPSA) is 55.4 Å². The van der Waals surface area contributed by atoms with Gasteiger partial charge in [0, 0.05) is 6.04 Å². The molecule has 0 unspecified atom stereocenters. The summed E-state index contributed by atoms with van der Waals surface area (Å²) >= 11 is 0. The molecule has 1 aromatic rings. The molecule has 30 heavy (non-hydrogen) atoms. The van der Waals surface area contributed by atoms with Gasteiger partial charge in [0.1, 0.15) is 0 Å². The quantitative estimate of drug-likeness (QED) is 0.254. The molecule has 0 saturated heterocycles. The van der Waals surface area contributed by atoms with Crippen LogP contribution in [0, 0.1) is 0 Å². The third-order valence-electron chi connectivity index (χ3n) is 5.78. The van der Waals surface area contributed by atoms with Crippen molar-refractivity contribution in [2.45, 2.75) is 114 Å². The molecule has 4 nitrogen and oxygen atoms in total. The second-order valence-corrected chi connectivity index (χ2v) is 10.0. The Labute approximate surface area is 186 Å². The van der Waals surface area contributed by atoms with Crippen LogP contribution in [0.3, 0.4) is 0 Å². The van der Waals surface area contributed by atoms with E-state index in [-0.39, 0.29) is 11.5 Å². The van der Waals surface area contributed by atoms with Crippen LogP contribution in [0.15, 0.2) is 35.2 Å². The van der Waals surface area contributed by atoms with Gasteiger partial charge in [-0.15, -0.1) is 0 Å². The Morgan fingerprint density at radius 1 is 0.833 bits per heavy atom. The van der Waals surface area contributed by atoms with Gasteiger partial charge >= 0.3 is 0 Å². The number of benzene rings is 1. The van der Waals surface area contributed by atoms with Gasteiger partial charge in [-0.1, -0.05) is 102 Å². The molecular weight excluding hydrogens is 394 g/mol. The average molecular weight is 440 g/mol. The summed E-state index contributed by atoms with van der Waals surface area (Å²) in [5, 5.41) is 3.30. The summed E-state index contributed by atoms with van der Waals surface area (Å²) in [6, 6.07) is 9.17. The third-order valence-corrected chi connectivity index (χ3v) is 7.11. The lowest BCUT2D eigenvalue weighted by Gasteiger charge is -2.20. The molecule has 1 aliphatic carbocycles. The molecule has 174 valence electrons. The van der Waals surface area contributed by atoms with E-state index in [1.807, 2.05) is 0 Å². The lowest BCUT2D eigenvalue weighted by molar-refractivity contribution is 0.306. The van der Waals surface area contributed by atoms with Crippen LogP contribution < -0.4 is 5.32 Å². The zero-order valence-electron chi connectivity index (χ0n) is 19.4. The van der Waals surface area contributed by atoms with Crippen molar-refractivity contribution in [2.75, 3.05) is 13.7 Å². The molecule has 1 fully saturated rings. The standard InChI is InChI=1S/C18H30O3S.C7H15N/c1-2-3-4-5-6-7-8-9-10-14-17-21-22(19,20)18-15-12-11-13-16-18;1-8-7-5-3-2-4-6-7/h11-13,15-16H,2-10,14,17H2,1H3;7-8H,2-6H2,1H3. The highest BCUT2D eigenvalue weighted by atomic mass is 32.2. The summed E-state index contributed by atoms with van der Waals surface area (Å²) in [6.45, 7) is 2.52. The fourth-order valence-electron chi connectivity index (χ4n) is 3.80. The molecule has 1 N–H and O–H groups in total. The highest BCUT2D eigenvalue weighted by molar-refractivity contribution is 7.86. The van der Waals surface area contributed by atoms with E-state index >= 15 is 0 Å². The molecule has 0 heterocycles. The number of rotatable bonds is 14. The molecule has 2 rings (SSSR count). The van der Waals surface area contributed by atoms with Crippen LogP contribution in [0.2, 0.25) is 0 Å². The minimum absolute atomic E-state index is 0.238. The van der Waals surface area contributed by atoms with E-state index in [1.54, 1.807) is 30.3 Å². The van der Waals surface area contributed by atoms with Gasteiger partial charge in [0.25, 0.3) is 10.1 Å². The average Bonchev–Trinajstić information content (AvgIpc) is 2.79. The SMILES string of the molecule is CCCCCCCCCCCCOS(=O)(=O)c1ccccc1.CNC1CCCCC1. The molecule has 0 atom stereocenters. The molecule has 0 bridgehead atoms. The first-order valence-electron chi connectivity index (χ1n) is 12.2. The lowest BCUT2D eigenvalue weighted by atomic mass is 9.96. The highest BCUT2D eigenvalue weighted by Crippen LogP contribution is 2.16. The minimum Gasteiger partial charge on any atom is -0.317 e. The van der Waals surface area contributed by atoms with Crippen LogP contribution >= 0.6 is 0 Å². The summed E-state index contributed by atoms with van der Waals surface area (Å²) in [6.07, 6.45) is 19.4. The minimum atomic E-state index is -3.57. The Morgan fingerprint density at radius 3 is 1.87 bits per heavy atom. The molecule has 1 aromatic carbocycles. The number of nitrogens with one attached hydrogen (secondary N) is 1. The van der Waals surface area contributed by atoms with Crippen molar-refractivity contribution in [2.24, 2.45) is 0 Å². The molecule has 1 saturated carbocycles. The fourth-order valence-corrected chi connectivity index (χ4v) is 4.77. The van der Waals surface area contributed by atoms with E-state index in [4.69, 9.17) is 4.18 Å². The maximum atomic E-state index is 11.9. The maximum absolute atomic E-state index is 11.9. The first-order chi connectivity index (χ1) is 14.6. The maximum Gasteiger partial charge on any atom is 0.296 e. The van der Waals surface area contributed by atoms with Crippen molar-refractivity contribution in [1.82, 2.24) is 5.32 Å². The first-order valence-corrected chi connectivity index (χ1v) is 13.6. The van der Waals surface area contributed by atoms with Crippen molar-refractivity contribution >= 4 is 10.1 Å². The summed E-state index contributed by atoms with van der Waals surface area (Å²) in [5.41, 5.74) is 0. The number of unbranched alkanes of at least 4 members (excludes halogenated alkanes) is 9. The predicted molar refractivity (Wildman–Crippen MR) is 127 cm³/mol. The summed E-state index contributed by atoms with van der Waals surface area (Å²) < 4.78 is 28.8. The van der Waals surface area contributed by atoms with E-state index in [9.17, 15) is 8.42 Å². The first kappa shape index (κ1) is 27.1. The summed E-state index contributed by atoms with van der Waals surface area (Å²) in [4.78, 5) is 0.238. The third kappa shape index (κ3) is 13.4. The molecule has 0 aromatic heterocycles. The van der Waals surface area contributed by atoms with Crippen molar-refractivity contribution in [3.8, 4) is 0 Å². The van der Waals surface area contributed by atoms with E-state index in [2.05, 4.69) is 19.3 Å². The van der Waals surface area contributed by atoms with Gasteiger partial charge in [-0.05, 0) is 38.4 Å². The second-order valence-electron chi connectivity index (χ2n) is 8.39. The molecule has 1 aliphatic rings. The monoisotopic (exact) mass is 439 g/mol. The normalized spacial score (nSPS) is 14.9. The molecule has 5 heteroatoms. The smallest absolute Gasteiger partial charge is 0.296 e. The Morgan fingerprint density at radius 2 is 1.37 bits per heavy atom. The van der Waals surface area contributed by atoms with Gasteiger partial charge in [0.05, 0.1) is 11.5 Å². The van der Waals surface area contributed by atoms with Crippen LogP contribution in [0.4, 0.5) is 0 Å². The van der Waals surface area contributed by atoms with Gasteiger partial charge in [0.15, 0.2) is 0 Å². The second kappa shape index (κ2) is 17.7. The summed E-state index contributed by atoms with van der Waals surface area (Å²) in [7, 11) is -1.51. The largest absolute Gasteiger partial charge is 0.317 e. The number of hydrogen-bond acceptors (Lipinski definition) is 4. The predicted octanol–water partition coefficient (Wildman–Crippen LogP) is 6.85. The van der Waals surface area contributed by atoms with Gasteiger partial charge in [-0.2, -0.15) is 8.42 Å². The van der Waals surface area contributed by atoms with Gasteiger partial charge in [0.2, 0.25) is 0 Å².